The summed E-state index contributed by atoms with van der Waals surface area (Å²) >= 11 is 1.89. The normalized spacial score (nSPS) is 26.0. The summed E-state index contributed by atoms with van der Waals surface area (Å²) in [5.74, 6) is 2.42. The van der Waals surface area contributed by atoms with Gasteiger partial charge in [0.2, 0.25) is 0 Å². The van der Waals surface area contributed by atoms with E-state index in [0.29, 0.717) is 11.0 Å². The average molecular weight is 200 g/mol. The summed E-state index contributed by atoms with van der Waals surface area (Å²) in [6.07, 6.45) is 5.56. The van der Waals surface area contributed by atoms with E-state index >= 15 is 0 Å². The third-order valence-electron chi connectivity index (χ3n) is 2.78. The van der Waals surface area contributed by atoms with Crippen LogP contribution in [0.4, 0.5) is 0 Å². The van der Waals surface area contributed by atoms with Crippen LogP contribution in [0.2, 0.25) is 0 Å². The van der Waals surface area contributed by atoms with Crippen LogP contribution >= 0.6 is 11.8 Å². The van der Waals surface area contributed by atoms with E-state index in [1.54, 1.807) is 0 Å². The van der Waals surface area contributed by atoms with Crippen molar-refractivity contribution in [1.82, 2.24) is 0 Å². The molecule has 0 radical (unpaired) electrons. The van der Waals surface area contributed by atoms with Crippen molar-refractivity contribution in [3.05, 3.63) is 0 Å². The summed E-state index contributed by atoms with van der Waals surface area (Å²) < 4.78 is 0. The van der Waals surface area contributed by atoms with E-state index in [9.17, 15) is 4.79 Å². The Morgan fingerprint density at radius 1 is 1.54 bits per heavy atom. The molecule has 1 saturated carbocycles. The fourth-order valence-electron chi connectivity index (χ4n) is 1.53. The molecule has 1 fully saturated rings. The minimum atomic E-state index is 0.336. The molecule has 0 N–H and O–H groups in total. The lowest BCUT2D eigenvalue weighted by Crippen LogP contribution is -2.22. The molecule has 0 aromatic carbocycles. The second-order valence-electron chi connectivity index (χ2n) is 4.05. The smallest absolute Gasteiger partial charge is 0.145 e. The zero-order valence-corrected chi connectivity index (χ0v) is 9.53. The standard InChI is InChI=1S/C11H20OS/c1-3-9(2)8-13-11-7-5-4-6-10(11)12/h9,11H,3-8H2,1-2H3. The van der Waals surface area contributed by atoms with Crippen LogP contribution < -0.4 is 0 Å². The minimum absolute atomic E-state index is 0.336. The lowest BCUT2D eigenvalue weighted by molar-refractivity contribution is -0.119. The van der Waals surface area contributed by atoms with Gasteiger partial charge in [0.25, 0.3) is 0 Å². The van der Waals surface area contributed by atoms with E-state index < -0.39 is 0 Å². The Balaban J connectivity index is 2.22. The van der Waals surface area contributed by atoms with Crippen molar-refractivity contribution in [2.75, 3.05) is 5.75 Å². The number of carbonyl (C=O) groups is 1. The van der Waals surface area contributed by atoms with Crippen molar-refractivity contribution in [3.63, 3.8) is 0 Å². The van der Waals surface area contributed by atoms with Gasteiger partial charge in [-0.1, -0.05) is 26.7 Å². The summed E-state index contributed by atoms with van der Waals surface area (Å²) in [4.78, 5) is 11.5. The first kappa shape index (κ1) is 11.1. The number of hydrogen-bond acceptors (Lipinski definition) is 2. The van der Waals surface area contributed by atoms with Crippen molar-refractivity contribution in [2.24, 2.45) is 5.92 Å². The fourth-order valence-corrected chi connectivity index (χ4v) is 2.96. The second-order valence-corrected chi connectivity index (χ2v) is 5.28. The molecular formula is C11H20OS. The maximum atomic E-state index is 11.5. The highest BCUT2D eigenvalue weighted by Crippen LogP contribution is 2.27. The SMILES string of the molecule is CCC(C)CSC1CCCCC1=O. The molecule has 0 aromatic heterocycles. The molecule has 0 spiro atoms. The first-order valence-electron chi connectivity index (χ1n) is 5.38. The number of carbonyl (C=O) groups excluding carboxylic acids is 1. The van der Waals surface area contributed by atoms with Gasteiger partial charge in [-0.25, -0.2) is 0 Å². The molecule has 76 valence electrons. The van der Waals surface area contributed by atoms with Crippen LogP contribution in [0.25, 0.3) is 0 Å². The lowest BCUT2D eigenvalue weighted by Gasteiger charge is -2.21. The molecule has 1 rings (SSSR count). The van der Waals surface area contributed by atoms with Gasteiger partial charge in [-0.05, 0) is 24.5 Å². The third kappa shape index (κ3) is 3.72. The molecule has 0 heterocycles. The largest absolute Gasteiger partial charge is 0.298 e. The number of rotatable bonds is 4. The Labute approximate surface area is 85.7 Å². The highest BCUT2D eigenvalue weighted by Gasteiger charge is 2.22. The van der Waals surface area contributed by atoms with Crippen LogP contribution in [0.5, 0.6) is 0 Å². The highest BCUT2D eigenvalue weighted by atomic mass is 32.2. The van der Waals surface area contributed by atoms with Crippen molar-refractivity contribution in [3.8, 4) is 0 Å². The van der Waals surface area contributed by atoms with Crippen LogP contribution in [0.1, 0.15) is 46.0 Å². The Morgan fingerprint density at radius 2 is 2.31 bits per heavy atom. The molecule has 0 amide bonds. The molecular weight excluding hydrogens is 180 g/mol. The van der Waals surface area contributed by atoms with Gasteiger partial charge in [0.15, 0.2) is 0 Å². The molecule has 13 heavy (non-hydrogen) atoms. The van der Waals surface area contributed by atoms with E-state index in [4.69, 9.17) is 0 Å². The Kier molecular flexibility index (Phi) is 4.86. The maximum absolute atomic E-state index is 11.5. The van der Waals surface area contributed by atoms with Crippen molar-refractivity contribution >= 4 is 17.5 Å². The Morgan fingerprint density at radius 3 is 2.92 bits per heavy atom. The van der Waals surface area contributed by atoms with Gasteiger partial charge in [-0.2, -0.15) is 11.8 Å². The molecule has 0 aliphatic heterocycles. The van der Waals surface area contributed by atoms with Crippen molar-refractivity contribution < 1.29 is 4.79 Å². The number of Topliss-reactive ketones (excluding diaryl/α,β-unsaturated/α-hetero) is 1. The van der Waals surface area contributed by atoms with Crippen LogP contribution in [0, 0.1) is 5.92 Å². The molecule has 2 unspecified atom stereocenters. The van der Waals surface area contributed by atoms with Crippen LogP contribution in [0.15, 0.2) is 0 Å². The summed E-state index contributed by atoms with van der Waals surface area (Å²) in [7, 11) is 0. The first-order valence-corrected chi connectivity index (χ1v) is 6.43. The Hall–Kier alpha value is 0.0200. The van der Waals surface area contributed by atoms with E-state index in [1.807, 2.05) is 11.8 Å². The van der Waals surface area contributed by atoms with Gasteiger partial charge in [0.05, 0.1) is 5.25 Å². The van der Waals surface area contributed by atoms with E-state index in [1.165, 1.54) is 12.8 Å². The predicted molar refractivity (Wildman–Crippen MR) is 59.2 cm³/mol. The van der Waals surface area contributed by atoms with Gasteiger partial charge < -0.3 is 0 Å². The molecule has 1 nitrogen and oxygen atoms in total. The monoisotopic (exact) mass is 200 g/mol. The molecule has 1 aliphatic carbocycles. The molecule has 2 atom stereocenters. The van der Waals surface area contributed by atoms with Crippen molar-refractivity contribution in [2.45, 2.75) is 51.2 Å². The van der Waals surface area contributed by atoms with E-state index in [0.717, 1.165) is 30.9 Å². The third-order valence-corrected chi connectivity index (χ3v) is 4.44. The van der Waals surface area contributed by atoms with Crippen molar-refractivity contribution in [1.29, 1.82) is 0 Å². The van der Waals surface area contributed by atoms with Gasteiger partial charge >= 0.3 is 0 Å². The summed E-state index contributed by atoms with van der Waals surface area (Å²) in [6.45, 7) is 4.48. The summed E-state index contributed by atoms with van der Waals surface area (Å²) in [6, 6.07) is 0. The first-order chi connectivity index (χ1) is 6.24. The van der Waals surface area contributed by atoms with Crippen LogP contribution in [0.3, 0.4) is 0 Å². The van der Waals surface area contributed by atoms with Gasteiger partial charge in [0.1, 0.15) is 5.78 Å². The molecule has 1 aliphatic rings. The number of ketones is 1. The van der Waals surface area contributed by atoms with Gasteiger partial charge in [0, 0.05) is 6.42 Å². The predicted octanol–water partition coefficient (Wildman–Crippen LogP) is 3.28. The van der Waals surface area contributed by atoms with E-state index in [2.05, 4.69) is 13.8 Å². The number of thioether (sulfide) groups is 1. The summed E-state index contributed by atoms with van der Waals surface area (Å²) in [5, 5.41) is 0.336. The van der Waals surface area contributed by atoms with E-state index in [-0.39, 0.29) is 0 Å². The zero-order chi connectivity index (χ0) is 9.68. The average Bonchev–Trinajstić information content (AvgIpc) is 2.16. The minimum Gasteiger partial charge on any atom is -0.298 e. The molecule has 2 heteroatoms. The Bertz CT molecular complexity index is 167. The zero-order valence-electron chi connectivity index (χ0n) is 8.71. The molecule has 0 aromatic rings. The quantitative estimate of drug-likeness (QED) is 0.693. The molecule has 0 saturated heterocycles. The highest BCUT2D eigenvalue weighted by molar-refractivity contribution is 8.00. The lowest BCUT2D eigenvalue weighted by atomic mass is 9.99. The van der Waals surface area contributed by atoms with Crippen LogP contribution in [-0.2, 0) is 4.79 Å². The van der Waals surface area contributed by atoms with Gasteiger partial charge in [-0.15, -0.1) is 0 Å². The van der Waals surface area contributed by atoms with Crippen LogP contribution in [-0.4, -0.2) is 16.8 Å². The second kappa shape index (κ2) is 5.69. The topological polar surface area (TPSA) is 17.1 Å². The molecule has 0 bridgehead atoms. The van der Waals surface area contributed by atoms with Gasteiger partial charge in [-0.3, -0.25) is 4.79 Å². The summed E-state index contributed by atoms with van der Waals surface area (Å²) in [5.41, 5.74) is 0. The number of hydrogen-bond donors (Lipinski definition) is 0. The maximum Gasteiger partial charge on any atom is 0.145 e. The fraction of sp³-hybridized carbons (Fsp3) is 0.909.